The Morgan fingerprint density at radius 1 is 1.48 bits per heavy atom. The molecule has 1 heterocycles. The molecule has 0 aromatic heterocycles. The van der Waals surface area contributed by atoms with Gasteiger partial charge in [-0.3, -0.25) is 4.79 Å². The summed E-state index contributed by atoms with van der Waals surface area (Å²) in [7, 11) is 0. The molecular formula is C16H21FN2O2. The van der Waals surface area contributed by atoms with Gasteiger partial charge in [0.1, 0.15) is 11.9 Å². The molecule has 114 valence electrons. The van der Waals surface area contributed by atoms with Crippen LogP contribution >= 0.6 is 0 Å². The first kappa shape index (κ1) is 14.5. The highest BCUT2D eigenvalue weighted by Gasteiger charge is 2.27. The monoisotopic (exact) mass is 292 g/mol. The van der Waals surface area contributed by atoms with Gasteiger partial charge in [-0.05, 0) is 37.0 Å². The van der Waals surface area contributed by atoms with E-state index >= 15 is 0 Å². The largest absolute Gasteiger partial charge is 0.370 e. The van der Waals surface area contributed by atoms with Crippen molar-refractivity contribution < 1.29 is 13.9 Å². The van der Waals surface area contributed by atoms with Crippen LogP contribution in [0, 0.1) is 12.7 Å². The van der Waals surface area contributed by atoms with Crippen molar-refractivity contribution in [3.8, 4) is 0 Å². The number of hydrogen-bond acceptors (Lipinski definition) is 3. The minimum absolute atomic E-state index is 0.119. The van der Waals surface area contributed by atoms with Crippen LogP contribution in [0.3, 0.4) is 0 Å². The summed E-state index contributed by atoms with van der Waals surface area (Å²) in [6, 6.07) is 5.54. The molecule has 1 aliphatic heterocycles. The summed E-state index contributed by atoms with van der Waals surface area (Å²) in [5.41, 5.74) is 1.54. The second kappa shape index (κ2) is 6.12. The van der Waals surface area contributed by atoms with Crippen molar-refractivity contribution in [3.05, 3.63) is 35.1 Å². The molecule has 3 rings (SSSR count). The van der Waals surface area contributed by atoms with Crippen molar-refractivity contribution in [1.82, 2.24) is 10.2 Å². The van der Waals surface area contributed by atoms with E-state index in [1.165, 1.54) is 18.9 Å². The van der Waals surface area contributed by atoms with Crippen LogP contribution in [0.5, 0.6) is 0 Å². The fourth-order valence-corrected chi connectivity index (χ4v) is 2.58. The van der Waals surface area contributed by atoms with E-state index in [1.807, 2.05) is 4.90 Å². The molecule has 1 aliphatic carbocycles. The number of halogens is 1. The number of hydrogen-bond donors (Lipinski definition) is 1. The summed E-state index contributed by atoms with van der Waals surface area (Å²) >= 11 is 0. The molecule has 0 bridgehead atoms. The van der Waals surface area contributed by atoms with Crippen molar-refractivity contribution in [3.63, 3.8) is 0 Å². The van der Waals surface area contributed by atoms with Gasteiger partial charge in [0.2, 0.25) is 5.91 Å². The van der Waals surface area contributed by atoms with E-state index in [2.05, 4.69) is 5.32 Å². The normalized spacial score (nSPS) is 22.4. The van der Waals surface area contributed by atoms with Crippen molar-refractivity contribution in [2.75, 3.05) is 26.2 Å². The highest BCUT2D eigenvalue weighted by molar-refractivity contribution is 5.78. The number of carbonyl (C=O) groups excluding carboxylic acids is 1. The minimum atomic E-state index is -0.212. The lowest BCUT2D eigenvalue weighted by Gasteiger charge is -2.33. The third kappa shape index (κ3) is 3.60. The number of amides is 1. The van der Waals surface area contributed by atoms with Gasteiger partial charge in [0.15, 0.2) is 0 Å². The van der Waals surface area contributed by atoms with Crippen LogP contribution in [-0.2, 0) is 9.53 Å². The van der Waals surface area contributed by atoms with Gasteiger partial charge in [0.05, 0.1) is 19.7 Å². The van der Waals surface area contributed by atoms with Gasteiger partial charge in [0, 0.05) is 12.6 Å². The molecule has 1 saturated carbocycles. The summed E-state index contributed by atoms with van der Waals surface area (Å²) in [6.07, 6.45) is 2.18. The first-order valence-corrected chi connectivity index (χ1v) is 7.52. The fourth-order valence-electron chi connectivity index (χ4n) is 2.58. The van der Waals surface area contributed by atoms with Crippen molar-refractivity contribution in [1.29, 1.82) is 0 Å². The predicted molar refractivity (Wildman–Crippen MR) is 77.4 cm³/mol. The Bertz CT molecular complexity index is 531. The average molecular weight is 292 g/mol. The highest BCUT2D eigenvalue weighted by Crippen LogP contribution is 2.24. The summed E-state index contributed by atoms with van der Waals surface area (Å²) in [4.78, 5) is 14.0. The van der Waals surface area contributed by atoms with Crippen LogP contribution < -0.4 is 5.32 Å². The Morgan fingerprint density at radius 2 is 2.29 bits per heavy atom. The Kier molecular flexibility index (Phi) is 4.22. The number of nitrogens with one attached hydrogen (secondary N) is 1. The van der Waals surface area contributed by atoms with Gasteiger partial charge in [-0.1, -0.05) is 12.1 Å². The average Bonchev–Trinajstić information content (AvgIpc) is 3.32. The molecule has 0 radical (unpaired) electrons. The standard InChI is InChI=1S/C16H21FN2O2/c1-11-8-12(2-5-14(11)17)15-10-19(6-7-21-15)16(20)9-18-13-3-4-13/h2,5,8,13,15,18H,3-4,6-7,9-10H2,1H3/t15-/m0/s1. The van der Waals surface area contributed by atoms with Crippen LogP contribution in [0.2, 0.25) is 0 Å². The molecule has 1 aromatic carbocycles. The molecule has 1 aromatic rings. The van der Waals surface area contributed by atoms with Crippen molar-refractivity contribution in [2.45, 2.75) is 31.9 Å². The zero-order valence-electron chi connectivity index (χ0n) is 12.3. The number of carbonyl (C=O) groups is 1. The molecule has 5 heteroatoms. The molecule has 1 atom stereocenters. The third-order valence-corrected chi connectivity index (χ3v) is 4.09. The number of ether oxygens (including phenoxy) is 1. The lowest BCUT2D eigenvalue weighted by Crippen LogP contribution is -2.46. The summed E-state index contributed by atoms with van der Waals surface area (Å²) < 4.78 is 19.1. The molecular weight excluding hydrogens is 271 g/mol. The van der Waals surface area contributed by atoms with Crippen LogP contribution in [0.15, 0.2) is 18.2 Å². The Labute approximate surface area is 124 Å². The second-order valence-corrected chi connectivity index (χ2v) is 5.86. The van der Waals surface area contributed by atoms with E-state index < -0.39 is 0 Å². The second-order valence-electron chi connectivity index (χ2n) is 5.86. The van der Waals surface area contributed by atoms with E-state index in [0.29, 0.717) is 37.8 Å². The van der Waals surface area contributed by atoms with E-state index in [4.69, 9.17) is 4.74 Å². The third-order valence-electron chi connectivity index (χ3n) is 4.09. The Morgan fingerprint density at radius 3 is 3.00 bits per heavy atom. The van der Waals surface area contributed by atoms with Crippen LogP contribution in [0.25, 0.3) is 0 Å². The SMILES string of the molecule is Cc1cc([C@@H]2CN(C(=O)CNC3CC3)CCO2)ccc1F. The van der Waals surface area contributed by atoms with Gasteiger partial charge in [-0.2, -0.15) is 0 Å². The zero-order chi connectivity index (χ0) is 14.8. The smallest absolute Gasteiger partial charge is 0.236 e. The molecule has 0 spiro atoms. The maximum Gasteiger partial charge on any atom is 0.236 e. The van der Waals surface area contributed by atoms with E-state index in [1.54, 1.807) is 19.1 Å². The fraction of sp³-hybridized carbons (Fsp3) is 0.562. The number of rotatable bonds is 4. The molecule has 2 fully saturated rings. The molecule has 21 heavy (non-hydrogen) atoms. The van der Waals surface area contributed by atoms with Gasteiger partial charge in [-0.25, -0.2) is 4.39 Å². The van der Waals surface area contributed by atoms with Gasteiger partial charge >= 0.3 is 0 Å². The van der Waals surface area contributed by atoms with E-state index in [0.717, 1.165) is 5.56 Å². The first-order chi connectivity index (χ1) is 10.1. The zero-order valence-corrected chi connectivity index (χ0v) is 12.3. The number of nitrogens with zero attached hydrogens (tertiary/aromatic N) is 1. The summed E-state index contributed by atoms with van der Waals surface area (Å²) in [5.74, 6) is -0.0924. The van der Waals surface area contributed by atoms with E-state index in [9.17, 15) is 9.18 Å². The lowest BCUT2D eigenvalue weighted by atomic mass is 10.0. The number of aryl methyl sites for hydroxylation is 1. The molecule has 1 saturated heterocycles. The quantitative estimate of drug-likeness (QED) is 0.920. The maximum atomic E-state index is 13.3. The highest BCUT2D eigenvalue weighted by atomic mass is 19.1. The van der Waals surface area contributed by atoms with Gasteiger partial charge in [-0.15, -0.1) is 0 Å². The van der Waals surface area contributed by atoms with E-state index in [-0.39, 0.29) is 17.8 Å². The lowest BCUT2D eigenvalue weighted by molar-refractivity contribution is -0.138. The number of morpholine rings is 1. The van der Waals surface area contributed by atoms with Crippen LogP contribution in [0.1, 0.15) is 30.1 Å². The van der Waals surface area contributed by atoms with Crippen LogP contribution in [0.4, 0.5) is 4.39 Å². The molecule has 4 nitrogen and oxygen atoms in total. The summed E-state index contributed by atoms with van der Waals surface area (Å²) in [5, 5.41) is 3.24. The van der Waals surface area contributed by atoms with Crippen molar-refractivity contribution in [2.24, 2.45) is 0 Å². The Hall–Kier alpha value is -1.46. The molecule has 2 aliphatic rings. The first-order valence-electron chi connectivity index (χ1n) is 7.52. The minimum Gasteiger partial charge on any atom is -0.370 e. The van der Waals surface area contributed by atoms with Gasteiger partial charge in [0.25, 0.3) is 0 Å². The Balaban J connectivity index is 1.61. The van der Waals surface area contributed by atoms with Crippen molar-refractivity contribution >= 4 is 5.91 Å². The van der Waals surface area contributed by atoms with Crippen LogP contribution in [-0.4, -0.2) is 43.1 Å². The maximum absolute atomic E-state index is 13.3. The van der Waals surface area contributed by atoms with Gasteiger partial charge < -0.3 is 15.0 Å². The molecule has 1 N–H and O–H groups in total. The number of benzene rings is 1. The molecule has 1 amide bonds. The summed E-state index contributed by atoms with van der Waals surface area (Å²) in [6.45, 7) is 3.83. The molecule has 0 unspecified atom stereocenters. The topological polar surface area (TPSA) is 41.6 Å². The predicted octanol–water partition coefficient (Wildman–Crippen LogP) is 1.79.